The molecule has 4 nitrogen and oxygen atoms in total. The van der Waals surface area contributed by atoms with Crippen molar-refractivity contribution in [1.82, 2.24) is 0 Å². The number of hydrogen-bond acceptors (Lipinski definition) is 3. The number of carbonyl (C=O) groups is 1. The van der Waals surface area contributed by atoms with Crippen molar-refractivity contribution >= 4 is 33.0 Å². The molecule has 0 atom stereocenters. The van der Waals surface area contributed by atoms with E-state index in [-0.39, 0.29) is 11.5 Å². The molecule has 0 N–H and O–H groups in total. The van der Waals surface area contributed by atoms with E-state index in [1.165, 1.54) is 6.07 Å². The lowest BCUT2D eigenvalue weighted by molar-refractivity contribution is -0.385. The predicted molar refractivity (Wildman–Crippen MR) is 67.6 cm³/mol. The molecule has 2 rings (SSSR count). The van der Waals surface area contributed by atoms with Crippen LogP contribution in [0.4, 0.5) is 5.69 Å². The van der Waals surface area contributed by atoms with Crippen molar-refractivity contribution in [2.45, 2.75) is 19.3 Å². The molecule has 88 valence electrons. The zero-order valence-electron chi connectivity index (χ0n) is 8.98. The highest BCUT2D eigenvalue weighted by molar-refractivity contribution is 9.10. The highest BCUT2D eigenvalue weighted by Crippen LogP contribution is 2.32. The number of allylic oxidation sites excluding steroid dienone is 2. The molecule has 0 spiro atoms. The second-order valence-electron chi connectivity index (χ2n) is 3.85. The maximum atomic E-state index is 11.8. The fourth-order valence-electron chi connectivity index (χ4n) is 1.90. The molecule has 0 radical (unpaired) electrons. The Balaban J connectivity index is 2.55. The van der Waals surface area contributed by atoms with Crippen LogP contribution in [0.5, 0.6) is 0 Å². The summed E-state index contributed by atoms with van der Waals surface area (Å²) in [4.78, 5) is 22.3. The van der Waals surface area contributed by atoms with Crippen molar-refractivity contribution in [2.24, 2.45) is 0 Å². The summed E-state index contributed by atoms with van der Waals surface area (Å²) in [6, 6.07) is 4.76. The van der Waals surface area contributed by atoms with Crippen molar-refractivity contribution in [1.29, 1.82) is 0 Å². The molecular formula is C12H10BrNO3. The first-order chi connectivity index (χ1) is 8.09. The molecule has 0 fully saturated rings. The van der Waals surface area contributed by atoms with Crippen LogP contribution < -0.4 is 0 Å². The molecule has 1 aliphatic carbocycles. The van der Waals surface area contributed by atoms with Gasteiger partial charge in [0, 0.05) is 22.5 Å². The monoisotopic (exact) mass is 295 g/mol. The van der Waals surface area contributed by atoms with Crippen molar-refractivity contribution in [3.63, 3.8) is 0 Å². The lowest BCUT2D eigenvalue weighted by Gasteiger charge is -2.12. The smallest absolute Gasteiger partial charge is 0.278 e. The van der Waals surface area contributed by atoms with Crippen LogP contribution in [0.25, 0.3) is 5.57 Å². The van der Waals surface area contributed by atoms with Crippen molar-refractivity contribution in [2.75, 3.05) is 0 Å². The number of nitro benzene ring substituents is 1. The maximum absolute atomic E-state index is 11.8. The number of ketones is 1. The average molecular weight is 296 g/mol. The van der Waals surface area contributed by atoms with Gasteiger partial charge in [-0.3, -0.25) is 14.9 Å². The number of carbonyl (C=O) groups excluding carboxylic acids is 1. The zero-order chi connectivity index (χ0) is 12.4. The molecule has 0 aliphatic heterocycles. The highest BCUT2D eigenvalue weighted by atomic mass is 79.9. The van der Waals surface area contributed by atoms with Gasteiger partial charge in [0.2, 0.25) is 0 Å². The van der Waals surface area contributed by atoms with Crippen LogP contribution in [0, 0.1) is 10.1 Å². The summed E-state index contributed by atoms with van der Waals surface area (Å²) < 4.78 is 0.636. The van der Waals surface area contributed by atoms with Crippen LogP contribution in [0.1, 0.15) is 24.8 Å². The van der Waals surface area contributed by atoms with E-state index in [1.807, 2.05) is 0 Å². The molecule has 0 aromatic heterocycles. The van der Waals surface area contributed by atoms with Crippen LogP contribution in [0.2, 0.25) is 0 Å². The summed E-state index contributed by atoms with van der Waals surface area (Å²) >= 11 is 3.19. The van der Waals surface area contributed by atoms with Crippen LogP contribution in [0.3, 0.4) is 0 Å². The highest BCUT2D eigenvalue weighted by Gasteiger charge is 2.23. The molecule has 1 aromatic rings. The minimum atomic E-state index is -0.456. The Bertz CT molecular complexity index is 522. The lowest BCUT2D eigenvalue weighted by Crippen LogP contribution is -2.07. The molecule has 0 amide bonds. The molecule has 1 aliphatic rings. The lowest BCUT2D eigenvalue weighted by atomic mass is 9.91. The van der Waals surface area contributed by atoms with E-state index < -0.39 is 4.92 Å². The molecule has 0 saturated carbocycles. The minimum absolute atomic E-state index is 0.0123. The summed E-state index contributed by atoms with van der Waals surface area (Å²) in [6.07, 6.45) is 3.89. The molecule has 0 bridgehead atoms. The van der Waals surface area contributed by atoms with E-state index in [0.29, 0.717) is 22.0 Å². The first kappa shape index (κ1) is 12.0. The number of Topliss-reactive ketones (excluding diaryl/α,β-unsaturated/α-hetero) is 1. The van der Waals surface area contributed by atoms with Gasteiger partial charge < -0.3 is 0 Å². The standard InChI is InChI=1S/C12H10BrNO3/c13-8-5-6-9(11(7-8)14(16)17)10-3-1-2-4-12(10)15/h3,5-7H,1-2,4H2. The Morgan fingerprint density at radius 3 is 2.76 bits per heavy atom. The molecule has 5 heteroatoms. The van der Waals surface area contributed by atoms with E-state index in [4.69, 9.17) is 0 Å². The zero-order valence-corrected chi connectivity index (χ0v) is 10.6. The number of halogens is 1. The van der Waals surface area contributed by atoms with E-state index >= 15 is 0 Å². The fourth-order valence-corrected chi connectivity index (χ4v) is 2.25. The predicted octanol–water partition coefficient (Wildman–Crippen LogP) is 3.49. The van der Waals surface area contributed by atoms with Gasteiger partial charge in [-0.1, -0.05) is 22.0 Å². The summed E-state index contributed by atoms with van der Waals surface area (Å²) in [5.74, 6) is -0.0123. The van der Waals surface area contributed by atoms with Crippen molar-refractivity contribution < 1.29 is 9.72 Å². The Morgan fingerprint density at radius 2 is 2.12 bits per heavy atom. The number of benzene rings is 1. The third-order valence-electron chi connectivity index (χ3n) is 2.70. The molecule has 0 saturated heterocycles. The third kappa shape index (κ3) is 2.44. The van der Waals surface area contributed by atoms with E-state index in [2.05, 4.69) is 15.9 Å². The van der Waals surface area contributed by atoms with Gasteiger partial charge in [-0.05, 0) is 25.0 Å². The van der Waals surface area contributed by atoms with E-state index in [9.17, 15) is 14.9 Å². The Hall–Kier alpha value is -1.49. The molecule has 1 aromatic carbocycles. The largest absolute Gasteiger partial charge is 0.294 e. The second-order valence-corrected chi connectivity index (χ2v) is 4.77. The summed E-state index contributed by atoms with van der Waals surface area (Å²) in [5, 5.41) is 11.0. The normalized spacial score (nSPS) is 15.6. The SMILES string of the molecule is O=C1CCCC=C1c1ccc(Br)cc1[N+](=O)[O-]. The van der Waals surface area contributed by atoms with Gasteiger partial charge in [-0.15, -0.1) is 0 Å². The van der Waals surface area contributed by atoms with Crippen molar-refractivity contribution in [3.05, 3.63) is 44.4 Å². The Kier molecular flexibility index (Phi) is 3.38. The second kappa shape index (κ2) is 4.79. The van der Waals surface area contributed by atoms with Crippen molar-refractivity contribution in [3.8, 4) is 0 Å². The van der Waals surface area contributed by atoms with Crippen LogP contribution in [0.15, 0.2) is 28.7 Å². The summed E-state index contributed by atoms with van der Waals surface area (Å²) in [5.41, 5.74) is 0.874. The number of rotatable bonds is 2. The fraction of sp³-hybridized carbons (Fsp3) is 0.250. The van der Waals surface area contributed by atoms with Gasteiger partial charge in [-0.2, -0.15) is 0 Å². The topological polar surface area (TPSA) is 60.2 Å². The van der Waals surface area contributed by atoms with Crippen LogP contribution in [-0.4, -0.2) is 10.7 Å². The van der Waals surface area contributed by atoms with E-state index in [0.717, 1.165) is 12.8 Å². The quantitative estimate of drug-likeness (QED) is 0.620. The van der Waals surface area contributed by atoms with Crippen LogP contribution in [-0.2, 0) is 4.79 Å². The van der Waals surface area contributed by atoms with Gasteiger partial charge in [-0.25, -0.2) is 0 Å². The summed E-state index contributed by atoms with van der Waals surface area (Å²) in [6.45, 7) is 0. The van der Waals surface area contributed by atoms with Gasteiger partial charge in [0.25, 0.3) is 5.69 Å². The van der Waals surface area contributed by atoms with Gasteiger partial charge >= 0.3 is 0 Å². The first-order valence-electron chi connectivity index (χ1n) is 5.27. The molecule has 17 heavy (non-hydrogen) atoms. The summed E-state index contributed by atoms with van der Waals surface area (Å²) in [7, 11) is 0. The van der Waals surface area contributed by atoms with Gasteiger partial charge in [0.05, 0.1) is 10.5 Å². The minimum Gasteiger partial charge on any atom is -0.294 e. The Labute approximate surface area is 107 Å². The number of nitro groups is 1. The molecule has 0 heterocycles. The number of hydrogen-bond donors (Lipinski definition) is 0. The average Bonchev–Trinajstić information content (AvgIpc) is 2.30. The Morgan fingerprint density at radius 1 is 1.35 bits per heavy atom. The maximum Gasteiger partial charge on any atom is 0.278 e. The first-order valence-corrected chi connectivity index (χ1v) is 6.06. The molecular weight excluding hydrogens is 286 g/mol. The third-order valence-corrected chi connectivity index (χ3v) is 3.20. The van der Waals surface area contributed by atoms with E-state index in [1.54, 1.807) is 18.2 Å². The van der Waals surface area contributed by atoms with Crippen LogP contribution >= 0.6 is 15.9 Å². The van der Waals surface area contributed by atoms with Gasteiger partial charge in [0.15, 0.2) is 5.78 Å². The number of nitrogens with zero attached hydrogens (tertiary/aromatic N) is 1. The molecule has 0 unspecified atom stereocenters. The van der Waals surface area contributed by atoms with Gasteiger partial charge in [0.1, 0.15) is 0 Å².